The van der Waals surface area contributed by atoms with Crippen LogP contribution in [-0.4, -0.2) is 13.1 Å². The van der Waals surface area contributed by atoms with Crippen molar-refractivity contribution in [3.63, 3.8) is 0 Å². The van der Waals surface area contributed by atoms with E-state index in [-0.39, 0.29) is 0 Å². The van der Waals surface area contributed by atoms with E-state index in [2.05, 4.69) is 43.9 Å². The highest BCUT2D eigenvalue weighted by Crippen LogP contribution is 2.33. The Bertz CT molecular complexity index is 328. The van der Waals surface area contributed by atoms with Crippen LogP contribution in [0.5, 0.6) is 0 Å². The van der Waals surface area contributed by atoms with Gasteiger partial charge in [-0.25, -0.2) is 0 Å². The lowest BCUT2D eigenvalue weighted by atomic mass is 9.96. The average Bonchev–Trinajstić information content (AvgIpc) is 2.74. The first-order valence-electron chi connectivity index (χ1n) is 6.60. The molecule has 0 aromatic heterocycles. The third-order valence-corrected chi connectivity index (χ3v) is 3.16. The Hall–Kier alpha value is -0.980. The molecular weight excluding hydrogens is 194 g/mol. The summed E-state index contributed by atoms with van der Waals surface area (Å²) in [4.78, 5) is 2.47. The summed E-state index contributed by atoms with van der Waals surface area (Å²) in [5.74, 6) is 0.654. The van der Waals surface area contributed by atoms with Crippen molar-refractivity contribution in [3.05, 3.63) is 29.3 Å². The van der Waals surface area contributed by atoms with E-state index in [0.29, 0.717) is 5.92 Å². The third kappa shape index (κ3) is 2.40. The predicted octanol–water partition coefficient (Wildman–Crippen LogP) is 4.22. The molecule has 0 unspecified atom stereocenters. The molecule has 1 heteroatoms. The Morgan fingerprint density at radius 3 is 2.50 bits per heavy atom. The van der Waals surface area contributed by atoms with Crippen LogP contribution in [-0.2, 0) is 6.42 Å². The van der Waals surface area contributed by atoms with Crippen molar-refractivity contribution in [1.29, 1.82) is 0 Å². The summed E-state index contributed by atoms with van der Waals surface area (Å²) in [6, 6.07) is 6.74. The van der Waals surface area contributed by atoms with Gasteiger partial charge >= 0.3 is 0 Å². The number of likely N-dealkylation sites (N-methyl/N-ethyl adjacent to an activating group) is 1. The monoisotopic (exact) mass is 219 g/mol. The molecule has 1 aliphatic heterocycles. The van der Waals surface area contributed by atoms with Crippen LogP contribution < -0.4 is 4.90 Å². The lowest BCUT2D eigenvalue weighted by molar-refractivity contribution is 0.840. The van der Waals surface area contributed by atoms with Crippen LogP contribution in [0.1, 0.15) is 51.7 Å². The van der Waals surface area contributed by atoms with Crippen molar-refractivity contribution >= 4 is 5.69 Å². The average molecular weight is 219 g/mol. The van der Waals surface area contributed by atoms with Crippen molar-refractivity contribution in [2.45, 2.75) is 47.0 Å². The highest BCUT2D eigenvalue weighted by atomic mass is 15.1. The van der Waals surface area contributed by atoms with E-state index < -0.39 is 0 Å². The maximum Gasteiger partial charge on any atom is 0.0402 e. The topological polar surface area (TPSA) is 3.24 Å². The van der Waals surface area contributed by atoms with Gasteiger partial charge in [0.25, 0.3) is 0 Å². The van der Waals surface area contributed by atoms with E-state index in [1.165, 1.54) is 18.7 Å². The number of benzene rings is 1. The Labute approximate surface area is 100 Å². The molecule has 0 aliphatic carbocycles. The molecule has 1 aromatic carbocycles. The molecule has 0 fully saturated rings. The van der Waals surface area contributed by atoms with Crippen molar-refractivity contribution in [2.75, 3.05) is 18.0 Å². The number of fused-ring (bicyclic) bond motifs is 1. The van der Waals surface area contributed by atoms with Crippen molar-refractivity contribution < 1.29 is 0 Å². The molecular formula is C15H25N. The Balaban J connectivity index is 0.000000606. The number of rotatable bonds is 2. The molecule has 16 heavy (non-hydrogen) atoms. The quantitative estimate of drug-likeness (QED) is 0.720. The van der Waals surface area contributed by atoms with E-state index in [4.69, 9.17) is 0 Å². The Morgan fingerprint density at radius 1 is 1.25 bits per heavy atom. The van der Waals surface area contributed by atoms with Gasteiger partial charge in [-0.3, -0.25) is 0 Å². The van der Waals surface area contributed by atoms with Gasteiger partial charge in [0, 0.05) is 18.8 Å². The van der Waals surface area contributed by atoms with Gasteiger partial charge in [-0.15, -0.1) is 0 Å². The van der Waals surface area contributed by atoms with E-state index in [1.54, 1.807) is 11.1 Å². The molecule has 0 saturated carbocycles. The van der Waals surface area contributed by atoms with Crippen LogP contribution in [0.2, 0.25) is 0 Å². The molecule has 90 valence electrons. The number of nitrogens with zero attached hydrogens (tertiary/aromatic N) is 1. The summed E-state index contributed by atoms with van der Waals surface area (Å²) in [6.45, 7) is 13.1. The van der Waals surface area contributed by atoms with Gasteiger partial charge in [-0.05, 0) is 36.5 Å². The zero-order valence-corrected chi connectivity index (χ0v) is 11.4. The van der Waals surface area contributed by atoms with Crippen molar-refractivity contribution in [2.24, 2.45) is 0 Å². The summed E-state index contributed by atoms with van der Waals surface area (Å²) < 4.78 is 0. The van der Waals surface area contributed by atoms with Gasteiger partial charge in [0.1, 0.15) is 0 Å². The number of hydrogen-bond donors (Lipinski definition) is 0. The largest absolute Gasteiger partial charge is 0.371 e. The summed E-state index contributed by atoms with van der Waals surface area (Å²) in [6.07, 6.45) is 1.23. The summed E-state index contributed by atoms with van der Waals surface area (Å²) in [5, 5.41) is 0. The molecule has 0 radical (unpaired) electrons. The molecule has 1 aromatic rings. The van der Waals surface area contributed by atoms with Gasteiger partial charge in [0.05, 0.1) is 0 Å². The second-order valence-electron chi connectivity index (χ2n) is 4.33. The molecule has 0 spiro atoms. The van der Waals surface area contributed by atoms with Gasteiger partial charge in [-0.1, -0.05) is 39.8 Å². The van der Waals surface area contributed by atoms with E-state index in [9.17, 15) is 0 Å². The van der Waals surface area contributed by atoms with Crippen LogP contribution in [0.4, 0.5) is 5.69 Å². The molecule has 1 heterocycles. The molecule has 0 atom stereocenters. The molecule has 0 amide bonds. The fraction of sp³-hybridized carbons (Fsp3) is 0.600. The van der Waals surface area contributed by atoms with Crippen LogP contribution in [0, 0.1) is 0 Å². The van der Waals surface area contributed by atoms with Crippen LogP contribution in [0.3, 0.4) is 0 Å². The van der Waals surface area contributed by atoms with Crippen molar-refractivity contribution in [1.82, 2.24) is 0 Å². The van der Waals surface area contributed by atoms with E-state index in [1.807, 2.05) is 13.8 Å². The van der Waals surface area contributed by atoms with Crippen LogP contribution in [0.15, 0.2) is 18.2 Å². The minimum atomic E-state index is 0.654. The van der Waals surface area contributed by atoms with Gasteiger partial charge in [-0.2, -0.15) is 0 Å². The van der Waals surface area contributed by atoms with E-state index in [0.717, 1.165) is 6.54 Å². The minimum absolute atomic E-state index is 0.654. The molecule has 0 N–H and O–H groups in total. The first-order valence-corrected chi connectivity index (χ1v) is 6.60. The second-order valence-corrected chi connectivity index (χ2v) is 4.33. The Kier molecular flexibility index (Phi) is 4.85. The number of anilines is 1. The molecule has 1 nitrogen and oxygen atoms in total. The maximum absolute atomic E-state index is 2.47. The third-order valence-electron chi connectivity index (χ3n) is 3.16. The number of hydrogen-bond acceptors (Lipinski definition) is 1. The zero-order valence-electron chi connectivity index (χ0n) is 11.4. The maximum atomic E-state index is 2.47. The molecule has 0 saturated heterocycles. The molecule has 0 bridgehead atoms. The highest BCUT2D eigenvalue weighted by Gasteiger charge is 2.20. The fourth-order valence-corrected chi connectivity index (χ4v) is 2.40. The van der Waals surface area contributed by atoms with E-state index >= 15 is 0 Å². The lowest BCUT2D eigenvalue weighted by Crippen LogP contribution is -2.18. The lowest BCUT2D eigenvalue weighted by Gasteiger charge is -2.17. The zero-order chi connectivity index (χ0) is 12.1. The van der Waals surface area contributed by atoms with Gasteiger partial charge in [0.15, 0.2) is 0 Å². The van der Waals surface area contributed by atoms with Crippen molar-refractivity contribution in [3.8, 4) is 0 Å². The Morgan fingerprint density at radius 2 is 1.94 bits per heavy atom. The molecule has 2 rings (SSSR count). The highest BCUT2D eigenvalue weighted by molar-refractivity contribution is 5.61. The van der Waals surface area contributed by atoms with Crippen LogP contribution >= 0.6 is 0 Å². The summed E-state index contributed by atoms with van der Waals surface area (Å²) >= 11 is 0. The first-order chi connectivity index (χ1) is 7.74. The standard InChI is InChI=1S/C13H19N.C2H6/c1-4-14-9-8-12-11(10(2)3)6-5-7-13(12)14;1-2/h5-7,10H,4,8-9H2,1-3H3;1-2H3. The normalized spacial score (nSPS) is 13.5. The smallest absolute Gasteiger partial charge is 0.0402 e. The van der Waals surface area contributed by atoms with Gasteiger partial charge < -0.3 is 4.90 Å². The summed E-state index contributed by atoms with van der Waals surface area (Å²) in [5.41, 5.74) is 4.60. The summed E-state index contributed by atoms with van der Waals surface area (Å²) in [7, 11) is 0. The first kappa shape index (κ1) is 13.1. The predicted molar refractivity (Wildman–Crippen MR) is 73.5 cm³/mol. The minimum Gasteiger partial charge on any atom is -0.371 e. The fourth-order valence-electron chi connectivity index (χ4n) is 2.40. The SMILES string of the molecule is CC.CCN1CCc2c(C(C)C)cccc21. The van der Waals surface area contributed by atoms with Crippen LogP contribution in [0.25, 0.3) is 0 Å². The molecule has 1 aliphatic rings. The van der Waals surface area contributed by atoms with Gasteiger partial charge in [0.2, 0.25) is 0 Å². The second kappa shape index (κ2) is 5.93.